The summed E-state index contributed by atoms with van der Waals surface area (Å²) in [6.45, 7) is -0.00616. The minimum Gasteiger partial charge on any atom is -1.00 e. The first-order valence-electron chi connectivity index (χ1n) is 3.61. The van der Waals surface area contributed by atoms with E-state index < -0.39 is 11.9 Å². The standard InChI is InChI=1S/C7H10O5S.2K.2H/c8-5(9)1-2-7(13)12-4-3-6(10)11;;;;/h1-4H2,(H,8,9)(H,10,11);;;;/q;2*+1;2*-1. The minimum absolute atomic E-state index is 0. The Kier molecular flexibility index (Phi) is 21.1. The molecule has 0 fully saturated rings. The Bertz CT molecular complexity index is 230. The quantitative estimate of drug-likeness (QED) is 0.375. The molecular weight excluding hydrogens is 274 g/mol. The summed E-state index contributed by atoms with van der Waals surface area (Å²) in [5, 5.41) is 16.6. The molecule has 0 aliphatic carbocycles. The Hall–Kier alpha value is 2.10. The second-order valence-electron chi connectivity index (χ2n) is 2.26. The summed E-state index contributed by atoms with van der Waals surface area (Å²) in [4.78, 5) is 20.1. The van der Waals surface area contributed by atoms with Gasteiger partial charge in [0.1, 0.15) is 0 Å². The zero-order chi connectivity index (χ0) is 10.3. The summed E-state index contributed by atoms with van der Waals surface area (Å²) in [6, 6.07) is 0. The van der Waals surface area contributed by atoms with Gasteiger partial charge in [0.05, 0.1) is 19.4 Å². The van der Waals surface area contributed by atoms with E-state index in [1.165, 1.54) is 0 Å². The number of carboxylic acid groups (broad SMARTS) is 2. The summed E-state index contributed by atoms with van der Waals surface area (Å²) in [5.74, 6) is -1.93. The third-order valence-corrected chi connectivity index (χ3v) is 1.44. The van der Waals surface area contributed by atoms with Crippen LogP contribution in [0.4, 0.5) is 0 Å². The molecule has 15 heavy (non-hydrogen) atoms. The van der Waals surface area contributed by atoms with Crippen LogP contribution in [0.25, 0.3) is 0 Å². The van der Waals surface area contributed by atoms with Gasteiger partial charge >= 0.3 is 115 Å². The van der Waals surface area contributed by atoms with Crippen molar-refractivity contribution in [2.45, 2.75) is 19.3 Å². The molecule has 0 bridgehead atoms. The van der Waals surface area contributed by atoms with E-state index in [9.17, 15) is 9.59 Å². The summed E-state index contributed by atoms with van der Waals surface area (Å²) in [6.07, 6.45) is -0.0800. The normalized spacial score (nSPS) is 8.00. The Balaban J connectivity index is -0.000000120. The van der Waals surface area contributed by atoms with Crippen molar-refractivity contribution in [1.29, 1.82) is 0 Å². The smallest absolute Gasteiger partial charge is 1.00 e. The molecule has 8 heteroatoms. The van der Waals surface area contributed by atoms with Crippen LogP contribution in [0.3, 0.4) is 0 Å². The van der Waals surface area contributed by atoms with Crippen LogP contribution in [0, 0.1) is 0 Å². The average molecular weight is 286 g/mol. The molecule has 0 atom stereocenters. The number of hydrogen-bond donors (Lipinski definition) is 2. The van der Waals surface area contributed by atoms with Crippen molar-refractivity contribution in [3.63, 3.8) is 0 Å². The van der Waals surface area contributed by atoms with E-state index in [-0.39, 0.29) is 137 Å². The van der Waals surface area contributed by atoms with Crippen LogP contribution in [0.15, 0.2) is 0 Å². The number of aliphatic carboxylic acids is 2. The van der Waals surface area contributed by atoms with Crippen molar-refractivity contribution in [1.82, 2.24) is 0 Å². The summed E-state index contributed by atoms with van der Waals surface area (Å²) < 4.78 is 4.79. The second kappa shape index (κ2) is 14.2. The molecule has 0 unspecified atom stereocenters. The molecule has 0 rings (SSSR count). The van der Waals surface area contributed by atoms with E-state index in [0.29, 0.717) is 0 Å². The number of thiocarbonyl (C=S) groups is 1. The van der Waals surface area contributed by atoms with Crippen LogP contribution in [0.1, 0.15) is 22.1 Å². The molecular formula is C7H12K2O5S. The summed E-state index contributed by atoms with van der Waals surface area (Å²) in [7, 11) is 0. The number of ether oxygens (including phenoxy) is 1. The molecule has 0 aliphatic heterocycles. The van der Waals surface area contributed by atoms with Crippen molar-refractivity contribution in [2.24, 2.45) is 0 Å². The molecule has 78 valence electrons. The van der Waals surface area contributed by atoms with Crippen LogP contribution < -0.4 is 103 Å². The second-order valence-corrected chi connectivity index (χ2v) is 2.71. The third kappa shape index (κ3) is 18.7. The minimum atomic E-state index is -0.971. The topological polar surface area (TPSA) is 83.8 Å². The van der Waals surface area contributed by atoms with Crippen molar-refractivity contribution in [3.8, 4) is 0 Å². The molecule has 0 amide bonds. The molecule has 0 aromatic carbocycles. The monoisotopic (exact) mass is 286 g/mol. The first-order chi connectivity index (χ1) is 6.02. The van der Waals surface area contributed by atoms with Crippen LogP contribution in [-0.4, -0.2) is 33.8 Å². The molecule has 2 N–H and O–H groups in total. The fraction of sp³-hybridized carbons (Fsp3) is 0.571. The van der Waals surface area contributed by atoms with Crippen LogP contribution in [0.2, 0.25) is 0 Å². The van der Waals surface area contributed by atoms with Gasteiger partial charge in [-0.05, 0) is 12.2 Å². The zero-order valence-electron chi connectivity index (χ0n) is 10.9. The van der Waals surface area contributed by atoms with Gasteiger partial charge < -0.3 is 17.8 Å². The van der Waals surface area contributed by atoms with Gasteiger partial charge in [-0.1, -0.05) is 0 Å². The Labute approximate surface area is 181 Å². The Morgan fingerprint density at radius 1 is 1.07 bits per heavy atom. The van der Waals surface area contributed by atoms with Gasteiger partial charge in [-0.3, -0.25) is 9.59 Å². The number of hydrogen-bond acceptors (Lipinski definition) is 4. The molecule has 0 aromatic rings. The van der Waals surface area contributed by atoms with Crippen molar-refractivity contribution >= 4 is 29.2 Å². The Morgan fingerprint density at radius 2 is 1.53 bits per heavy atom. The van der Waals surface area contributed by atoms with Gasteiger partial charge in [-0.15, -0.1) is 0 Å². The van der Waals surface area contributed by atoms with Gasteiger partial charge in [0.15, 0.2) is 5.05 Å². The number of carboxylic acids is 2. The molecule has 0 aromatic heterocycles. The predicted molar refractivity (Wildman–Crippen MR) is 49.9 cm³/mol. The predicted octanol–water partition coefficient (Wildman–Crippen LogP) is -5.10. The average Bonchev–Trinajstić information content (AvgIpc) is 2.00. The van der Waals surface area contributed by atoms with E-state index in [2.05, 4.69) is 12.2 Å². The van der Waals surface area contributed by atoms with Gasteiger partial charge in [0.2, 0.25) is 0 Å². The molecule has 0 heterocycles. The van der Waals surface area contributed by atoms with E-state index >= 15 is 0 Å². The third-order valence-electron chi connectivity index (χ3n) is 1.12. The molecule has 0 aliphatic rings. The SMILES string of the molecule is O=C(O)CCOC(=S)CCC(=O)O.[H-].[H-].[K+].[K+]. The molecule has 0 saturated carbocycles. The molecule has 0 spiro atoms. The van der Waals surface area contributed by atoms with Gasteiger partial charge in [0.25, 0.3) is 0 Å². The van der Waals surface area contributed by atoms with Gasteiger partial charge in [-0.2, -0.15) is 0 Å². The molecule has 0 radical (unpaired) electrons. The van der Waals surface area contributed by atoms with E-state index in [1.807, 2.05) is 0 Å². The largest absolute Gasteiger partial charge is 1.00 e. The van der Waals surface area contributed by atoms with Crippen LogP contribution in [-0.2, 0) is 14.3 Å². The maximum atomic E-state index is 10.1. The molecule has 5 nitrogen and oxygen atoms in total. The maximum absolute atomic E-state index is 10.1. The number of rotatable bonds is 6. The van der Waals surface area contributed by atoms with Gasteiger partial charge in [-0.25, -0.2) is 0 Å². The van der Waals surface area contributed by atoms with Crippen molar-refractivity contribution < 1.29 is 130 Å². The zero-order valence-corrected chi connectivity index (χ0v) is 15.9. The fourth-order valence-electron chi connectivity index (χ4n) is 0.533. The first kappa shape index (κ1) is 22.3. The van der Waals surface area contributed by atoms with Crippen molar-refractivity contribution in [2.75, 3.05) is 6.61 Å². The van der Waals surface area contributed by atoms with E-state index in [0.717, 1.165) is 0 Å². The molecule has 0 saturated heterocycles. The Morgan fingerprint density at radius 3 is 1.93 bits per heavy atom. The maximum Gasteiger partial charge on any atom is 1.00 e. The van der Waals surface area contributed by atoms with Gasteiger partial charge in [0, 0.05) is 6.42 Å². The first-order valence-corrected chi connectivity index (χ1v) is 4.02. The fourth-order valence-corrected chi connectivity index (χ4v) is 0.719. The van der Waals surface area contributed by atoms with Crippen molar-refractivity contribution in [3.05, 3.63) is 0 Å². The summed E-state index contributed by atoms with van der Waals surface area (Å²) in [5.41, 5.74) is 0. The van der Waals surface area contributed by atoms with E-state index in [4.69, 9.17) is 14.9 Å². The van der Waals surface area contributed by atoms with Crippen LogP contribution >= 0.6 is 12.2 Å². The van der Waals surface area contributed by atoms with E-state index in [1.54, 1.807) is 0 Å². The number of carbonyl (C=O) groups is 2. The van der Waals surface area contributed by atoms with Crippen LogP contribution in [0.5, 0.6) is 0 Å². The summed E-state index contributed by atoms with van der Waals surface area (Å²) >= 11 is 4.65.